The molecule has 0 spiro atoms. The molecule has 1 heterocycles. The first-order chi connectivity index (χ1) is 19.4. The zero-order valence-electron chi connectivity index (χ0n) is 25.3. The van der Waals surface area contributed by atoms with Crippen molar-refractivity contribution in [2.45, 2.75) is 154 Å². The molecule has 1 aromatic rings. The molecule has 1 aromatic carbocycles. The van der Waals surface area contributed by atoms with E-state index in [0.717, 1.165) is 31.2 Å². The number of carbonyl (C=O) groups excluding carboxylic acids is 1. The number of esters is 1. The van der Waals surface area contributed by atoms with Crippen LogP contribution in [-0.2, 0) is 20.7 Å². The number of aliphatic hydroxyl groups is 3. The van der Waals surface area contributed by atoms with Crippen LogP contribution in [0.1, 0.15) is 129 Å². The third-order valence-corrected chi connectivity index (χ3v) is 7.55. The van der Waals surface area contributed by atoms with E-state index in [9.17, 15) is 25.2 Å². The molecule has 0 aromatic heterocycles. The lowest BCUT2D eigenvalue weighted by Crippen LogP contribution is -2.43. The van der Waals surface area contributed by atoms with E-state index < -0.39 is 37.0 Å². The lowest BCUT2D eigenvalue weighted by atomic mass is 10.0. The second-order valence-corrected chi connectivity index (χ2v) is 11.1. The number of hydrogen-bond donors (Lipinski definition) is 4. The molecule has 4 N–H and O–H groups in total. The highest BCUT2D eigenvalue weighted by molar-refractivity contribution is 5.69. The molecule has 0 unspecified atom stereocenters. The van der Waals surface area contributed by atoms with Crippen molar-refractivity contribution in [1.82, 2.24) is 0 Å². The number of para-hydroxylation sites is 1. The number of aryl methyl sites for hydroxylation is 1. The van der Waals surface area contributed by atoms with Crippen LogP contribution < -0.4 is 0 Å². The zero-order chi connectivity index (χ0) is 29.4. The van der Waals surface area contributed by atoms with Gasteiger partial charge in [0.15, 0.2) is 6.10 Å². The molecule has 0 bridgehead atoms. The van der Waals surface area contributed by atoms with Gasteiger partial charge in [-0.2, -0.15) is 0 Å². The van der Waals surface area contributed by atoms with E-state index in [-0.39, 0.29) is 6.61 Å². The van der Waals surface area contributed by atoms with E-state index in [1.54, 1.807) is 6.07 Å². The van der Waals surface area contributed by atoms with Crippen molar-refractivity contribution in [3.63, 3.8) is 0 Å². The summed E-state index contributed by atoms with van der Waals surface area (Å²) in [5.74, 6) is 0.0580. The summed E-state index contributed by atoms with van der Waals surface area (Å²) < 4.78 is 10.4. The molecule has 232 valence electrons. The van der Waals surface area contributed by atoms with Crippen LogP contribution in [0.4, 0.5) is 0 Å². The summed E-state index contributed by atoms with van der Waals surface area (Å²) in [5, 5.41) is 38.1. The Balaban J connectivity index is 0.000000433. The first-order valence-corrected chi connectivity index (χ1v) is 16.0. The van der Waals surface area contributed by atoms with Crippen LogP contribution in [0.3, 0.4) is 0 Å². The molecule has 0 saturated carbocycles. The number of phenolic OH excluding ortho intramolecular Hbond substituents is 1. The second kappa shape index (κ2) is 24.0. The predicted octanol–water partition coefficient (Wildman–Crippen LogP) is 6.62. The quantitative estimate of drug-likeness (QED) is 0.0976. The Morgan fingerprint density at radius 3 is 1.88 bits per heavy atom. The maximum absolute atomic E-state index is 11.8. The third-order valence-electron chi connectivity index (χ3n) is 7.55. The van der Waals surface area contributed by atoms with Gasteiger partial charge in [0.25, 0.3) is 0 Å². The van der Waals surface area contributed by atoms with Crippen LogP contribution in [0.2, 0.25) is 0 Å². The Bertz CT molecular complexity index is 741. The predicted molar refractivity (Wildman–Crippen MR) is 160 cm³/mol. The maximum atomic E-state index is 11.8. The Morgan fingerprint density at radius 1 is 0.850 bits per heavy atom. The number of unbranched alkanes of at least 4 members (excludes halogenated alkanes) is 14. The number of hydrogen-bond acceptors (Lipinski definition) is 7. The Kier molecular flexibility index (Phi) is 21.8. The van der Waals surface area contributed by atoms with Crippen molar-refractivity contribution in [1.29, 1.82) is 0 Å². The van der Waals surface area contributed by atoms with Crippen molar-refractivity contribution in [2.75, 3.05) is 13.2 Å². The molecule has 1 saturated heterocycles. The number of phenols is 1. The molecule has 40 heavy (non-hydrogen) atoms. The molecule has 0 amide bonds. The molecule has 1 aliphatic rings. The highest BCUT2D eigenvalue weighted by Gasteiger charge is 2.41. The molecular formula is C33H58O7. The number of rotatable bonds is 21. The van der Waals surface area contributed by atoms with Gasteiger partial charge in [-0.05, 0) is 30.9 Å². The van der Waals surface area contributed by atoms with Gasteiger partial charge in [0, 0.05) is 6.42 Å². The average Bonchev–Trinajstić information content (AvgIpc) is 3.29. The summed E-state index contributed by atoms with van der Waals surface area (Å²) >= 11 is 0. The van der Waals surface area contributed by atoms with Gasteiger partial charge in [-0.3, -0.25) is 4.79 Å². The third kappa shape index (κ3) is 16.6. The summed E-state index contributed by atoms with van der Waals surface area (Å²) in [6.45, 7) is 4.01. The lowest BCUT2D eigenvalue weighted by Gasteiger charge is -2.24. The van der Waals surface area contributed by atoms with Crippen LogP contribution in [-0.4, -0.2) is 64.0 Å². The summed E-state index contributed by atoms with van der Waals surface area (Å²) in [6.07, 6.45) is 17.2. The summed E-state index contributed by atoms with van der Waals surface area (Å²) in [6, 6.07) is 7.67. The van der Waals surface area contributed by atoms with Gasteiger partial charge in [0.1, 0.15) is 24.1 Å². The fourth-order valence-corrected chi connectivity index (χ4v) is 4.96. The molecule has 0 radical (unpaired) electrons. The van der Waals surface area contributed by atoms with E-state index in [1.165, 1.54) is 83.5 Å². The van der Waals surface area contributed by atoms with Gasteiger partial charge < -0.3 is 29.9 Å². The van der Waals surface area contributed by atoms with Crippen molar-refractivity contribution in [3.8, 4) is 5.75 Å². The average molecular weight is 567 g/mol. The Morgan fingerprint density at radius 2 is 1.38 bits per heavy atom. The van der Waals surface area contributed by atoms with Crippen molar-refractivity contribution >= 4 is 5.97 Å². The first kappa shape index (κ1) is 36.4. The molecule has 1 fully saturated rings. The molecular weight excluding hydrogens is 508 g/mol. The molecule has 4 atom stereocenters. The van der Waals surface area contributed by atoms with Crippen molar-refractivity contribution in [3.05, 3.63) is 29.8 Å². The molecule has 0 aliphatic carbocycles. The summed E-state index contributed by atoms with van der Waals surface area (Å²) in [5.41, 5.74) is 1.09. The van der Waals surface area contributed by atoms with Crippen LogP contribution >= 0.6 is 0 Å². The minimum Gasteiger partial charge on any atom is -0.508 e. The van der Waals surface area contributed by atoms with Crippen molar-refractivity contribution < 1.29 is 34.7 Å². The van der Waals surface area contributed by atoms with Gasteiger partial charge in [-0.1, -0.05) is 122 Å². The SMILES string of the molecule is CCCCCCCCCCCC(=O)O[C@H](CO)[C@H]1OC[C@H](O)[C@H]1O.CCCCCCCCCc1ccccc1O. The highest BCUT2D eigenvalue weighted by Crippen LogP contribution is 2.21. The standard InChI is InChI=1S/C18H34O6.C15H24O/c1-2-3-4-5-6-7-8-9-10-11-16(21)24-15(12-19)18-17(22)14(20)13-23-18;1-2-3-4-5-6-7-8-11-14-12-9-10-13-15(14)16/h14-15,17-20,22H,2-13H2,1H3;9-10,12-13,16H,2-8,11H2,1H3/t14-,15+,17+,18+;/m0./s1. The Labute approximate surface area is 243 Å². The zero-order valence-corrected chi connectivity index (χ0v) is 25.3. The van der Waals surface area contributed by atoms with Gasteiger partial charge in [-0.25, -0.2) is 0 Å². The molecule has 2 rings (SSSR count). The minimum atomic E-state index is -1.14. The fraction of sp³-hybridized carbons (Fsp3) is 0.788. The maximum Gasteiger partial charge on any atom is 0.306 e. The van der Waals surface area contributed by atoms with E-state index in [4.69, 9.17) is 9.47 Å². The van der Waals surface area contributed by atoms with E-state index in [1.807, 2.05) is 18.2 Å². The second-order valence-electron chi connectivity index (χ2n) is 11.1. The monoisotopic (exact) mass is 566 g/mol. The topological polar surface area (TPSA) is 116 Å². The van der Waals surface area contributed by atoms with Gasteiger partial charge in [-0.15, -0.1) is 0 Å². The van der Waals surface area contributed by atoms with Gasteiger partial charge in [0.05, 0.1) is 13.2 Å². The number of aliphatic hydroxyl groups excluding tert-OH is 3. The first-order valence-electron chi connectivity index (χ1n) is 16.0. The van der Waals surface area contributed by atoms with Crippen LogP contribution in [0.5, 0.6) is 5.75 Å². The van der Waals surface area contributed by atoms with Gasteiger partial charge in [0.2, 0.25) is 0 Å². The highest BCUT2D eigenvalue weighted by atomic mass is 16.6. The van der Waals surface area contributed by atoms with Crippen LogP contribution in [0, 0.1) is 0 Å². The number of benzene rings is 1. The van der Waals surface area contributed by atoms with E-state index in [0.29, 0.717) is 12.2 Å². The lowest BCUT2D eigenvalue weighted by molar-refractivity contribution is -0.162. The van der Waals surface area contributed by atoms with E-state index in [2.05, 4.69) is 13.8 Å². The summed E-state index contributed by atoms with van der Waals surface area (Å²) in [4.78, 5) is 11.8. The number of carbonyl (C=O) groups is 1. The van der Waals surface area contributed by atoms with Gasteiger partial charge >= 0.3 is 5.97 Å². The fourth-order valence-electron chi connectivity index (χ4n) is 4.96. The number of ether oxygens (including phenoxy) is 2. The molecule has 7 nitrogen and oxygen atoms in total. The molecule has 1 aliphatic heterocycles. The number of aromatic hydroxyl groups is 1. The normalized spacial score (nSPS) is 19.2. The van der Waals surface area contributed by atoms with Crippen LogP contribution in [0.25, 0.3) is 0 Å². The van der Waals surface area contributed by atoms with Crippen LogP contribution in [0.15, 0.2) is 24.3 Å². The summed E-state index contributed by atoms with van der Waals surface area (Å²) in [7, 11) is 0. The smallest absolute Gasteiger partial charge is 0.306 e. The Hall–Kier alpha value is -1.67. The van der Waals surface area contributed by atoms with E-state index >= 15 is 0 Å². The van der Waals surface area contributed by atoms with Crippen molar-refractivity contribution in [2.24, 2.45) is 0 Å². The molecule has 7 heteroatoms. The largest absolute Gasteiger partial charge is 0.508 e. The minimum absolute atomic E-state index is 0.0157.